The van der Waals surface area contributed by atoms with E-state index >= 15 is 0 Å². The molecule has 0 saturated heterocycles. The quantitative estimate of drug-likeness (QED) is 0.177. The maximum absolute atomic E-state index is 5.17. The maximum Gasteiger partial charge on any atom is 0.160 e. The number of benzene rings is 3. The first kappa shape index (κ1) is 28.8. The molecule has 8 rings (SSSR count). The molecule has 0 spiro atoms. The Morgan fingerprint density at radius 1 is 0.271 bits per heavy atom. The summed E-state index contributed by atoms with van der Waals surface area (Å²) in [5.74, 6) is 0.651. The fraction of sp³-hybridized carbons (Fsp3) is 0. The first-order valence-electron chi connectivity index (χ1n) is 15.6. The minimum absolute atomic E-state index is 0.651. The van der Waals surface area contributed by atoms with Crippen molar-refractivity contribution < 1.29 is 0 Å². The predicted molar refractivity (Wildman–Crippen MR) is 191 cm³/mol. The van der Waals surface area contributed by atoms with E-state index in [9.17, 15) is 0 Å². The summed E-state index contributed by atoms with van der Waals surface area (Å²) in [6.07, 6.45) is 14.6. The van der Waals surface area contributed by atoms with E-state index in [-0.39, 0.29) is 0 Å². The van der Waals surface area contributed by atoms with Crippen LogP contribution in [0.4, 0.5) is 0 Å². The highest BCUT2D eigenvalue weighted by Crippen LogP contribution is 2.36. The molecule has 0 amide bonds. The van der Waals surface area contributed by atoms with Gasteiger partial charge in [-0.1, -0.05) is 42.5 Å². The highest BCUT2D eigenvalue weighted by atomic mass is 14.9. The second-order valence-electron chi connectivity index (χ2n) is 11.4. The Bertz CT molecular complexity index is 2050. The number of pyridine rings is 4. The summed E-state index contributed by atoms with van der Waals surface area (Å²) >= 11 is 0. The Morgan fingerprint density at radius 2 is 0.688 bits per heavy atom. The van der Waals surface area contributed by atoms with E-state index in [2.05, 4.69) is 74.5 Å². The summed E-state index contributed by atoms with van der Waals surface area (Å²) in [4.78, 5) is 27.6. The van der Waals surface area contributed by atoms with E-state index in [0.717, 1.165) is 72.6 Å². The van der Waals surface area contributed by atoms with Crippen LogP contribution >= 0.6 is 0 Å². The van der Waals surface area contributed by atoms with Crippen LogP contribution in [0.25, 0.3) is 78.4 Å². The van der Waals surface area contributed by atoms with Gasteiger partial charge >= 0.3 is 0 Å². The lowest BCUT2D eigenvalue weighted by atomic mass is 9.94. The molecule has 0 aliphatic carbocycles. The van der Waals surface area contributed by atoms with Crippen LogP contribution in [-0.2, 0) is 0 Å². The third-order valence-corrected chi connectivity index (χ3v) is 8.23. The van der Waals surface area contributed by atoms with Gasteiger partial charge in [0, 0.05) is 77.4 Å². The monoisotopic (exact) mass is 616 g/mol. The van der Waals surface area contributed by atoms with Crippen molar-refractivity contribution in [1.82, 2.24) is 29.9 Å². The van der Waals surface area contributed by atoms with Crippen molar-refractivity contribution in [3.8, 4) is 78.4 Å². The van der Waals surface area contributed by atoms with Crippen LogP contribution in [0.1, 0.15) is 0 Å². The molecule has 6 heteroatoms. The molecular weight excluding hydrogens is 589 g/mol. The van der Waals surface area contributed by atoms with E-state index in [0.29, 0.717) is 5.82 Å². The van der Waals surface area contributed by atoms with Crippen molar-refractivity contribution in [3.63, 3.8) is 0 Å². The molecule has 0 bridgehead atoms. The van der Waals surface area contributed by atoms with E-state index < -0.39 is 0 Å². The molecule has 0 fully saturated rings. The van der Waals surface area contributed by atoms with E-state index in [1.165, 1.54) is 0 Å². The van der Waals surface area contributed by atoms with Crippen molar-refractivity contribution in [3.05, 3.63) is 171 Å². The second kappa shape index (κ2) is 13.0. The van der Waals surface area contributed by atoms with Gasteiger partial charge in [0.05, 0.1) is 11.4 Å². The van der Waals surface area contributed by atoms with Gasteiger partial charge in [0.25, 0.3) is 0 Å². The molecule has 3 aromatic carbocycles. The van der Waals surface area contributed by atoms with Crippen molar-refractivity contribution in [2.75, 3.05) is 0 Å². The summed E-state index contributed by atoms with van der Waals surface area (Å²) in [5, 5.41) is 0. The zero-order valence-electron chi connectivity index (χ0n) is 25.8. The molecule has 0 saturated carbocycles. The van der Waals surface area contributed by atoms with Crippen LogP contribution in [0.3, 0.4) is 0 Å². The fourth-order valence-corrected chi connectivity index (χ4v) is 5.83. The van der Waals surface area contributed by atoms with Gasteiger partial charge in [0.15, 0.2) is 5.82 Å². The molecule has 5 aromatic heterocycles. The minimum atomic E-state index is 0.651. The third kappa shape index (κ3) is 6.10. The topological polar surface area (TPSA) is 77.3 Å². The average Bonchev–Trinajstić information content (AvgIpc) is 3.19. The Labute approximate surface area is 278 Å². The van der Waals surface area contributed by atoms with Crippen LogP contribution in [-0.4, -0.2) is 29.9 Å². The highest BCUT2D eigenvalue weighted by molar-refractivity contribution is 5.84. The van der Waals surface area contributed by atoms with Crippen molar-refractivity contribution in [2.45, 2.75) is 0 Å². The first-order valence-corrected chi connectivity index (χ1v) is 15.6. The number of nitrogens with zero attached hydrogens (tertiary/aromatic N) is 6. The molecule has 5 heterocycles. The zero-order valence-corrected chi connectivity index (χ0v) is 25.8. The van der Waals surface area contributed by atoms with Crippen LogP contribution < -0.4 is 0 Å². The van der Waals surface area contributed by atoms with Gasteiger partial charge in [-0.05, 0) is 112 Å². The van der Waals surface area contributed by atoms with Crippen molar-refractivity contribution >= 4 is 0 Å². The Kier molecular flexibility index (Phi) is 7.79. The summed E-state index contributed by atoms with van der Waals surface area (Å²) in [5.41, 5.74) is 12.9. The second-order valence-corrected chi connectivity index (χ2v) is 11.4. The number of aromatic nitrogens is 6. The van der Waals surface area contributed by atoms with Crippen LogP contribution in [0.15, 0.2) is 171 Å². The van der Waals surface area contributed by atoms with Gasteiger partial charge in [0.1, 0.15) is 0 Å². The lowest BCUT2D eigenvalue weighted by Gasteiger charge is -2.14. The van der Waals surface area contributed by atoms with Crippen molar-refractivity contribution in [2.24, 2.45) is 0 Å². The minimum Gasteiger partial charge on any atom is -0.265 e. The molecule has 0 aliphatic heterocycles. The first-order chi connectivity index (χ1) is 23.8. The Balaban J connectivity index is 1.36. The molecule has 0 atom stereocenters. The lowest BCUT2D eigenvalue weighted by Crippen LogP contribution is -1.97. The zero-order chi connectivity index (χ0) is 32.1. The van der Waals surface area contributed by atoms with E-state index in [4.69, 9.17) is 9.97 Å². The fourth-order valence-electron chi connectivity index (χ4n) is 5.83. The van der Waals surface area contributed by atoms with Gasteiger partial charge in [-0.3, -0.25) is 19.9 Å². The van der Waals surface area contributed by atoms with Crippen LogP contribution in [0.5, 0.6) is 0 Å². The standard InChI is InChI=1S/C42H28N6/c1-2-6-31(7-3-1)42-47-40(38-22-34(29-10-16-43-17-11-29)20-36(24-38)32-8-4-14-45-27-32)26-41(48-42)39-23-35(30-12-18-44-19-13-30)21-37(25-39)33-9-5-15-46-28-33/h1-28H. The normalized spacial score (nSPS) is 10.9. The number of hydrogen-bond donors (Lipinski definition) is 0. The molecule has 8 aromatic rings. The number of rotatable bonds is 7. The SMILES string of the molecule is c1ccc(-c2nc(-c3cc(-c4ccncc4)cc(-c4cccnc4)c3)cc(-c3cc(-c4ccncc4)cc(-c4cccnc4)c3)n2)cc1. The van der Waals surface area contributed by atoms with Gasteiger partial charge in [0.2, 0.25) is 0 Å². The molecule has 0 aliphatic rings. The summed E-state index contributed by atoms with van der Waals surface area (Å²) in [6, 6.07) is 41.5. The maximum atomic E-state index is 5.17. The lowest BCUT2D eigenvalue weighted by molar-refractivity contribution is 1.18. The van der Waals surface area contributed by atoms with Gasteiger partial charge in [-0.25, -0.2) is 9.97 Å². The van der Waals surface area contributed by atoms with E-state index in [1.807, 2.05) is 104 Å². The summed E-state index contributed by atoms with van der Waals surface area (Å²) in [7, 11) is 0. The van der Waals surface area contributed by atoms with Gasteiger partial charge in [-0.15, -0.1) is 0 Å². The molecular formula is C42H28N6. The molecule has 0 N–H and O–H groups in total. The third-order valence-electron chi connectivity index (χ3n) is 8.23. The molecule has 0 radical (unpaired) electrons. The molecule has 48 heavy (non-hydrogen) atoms. The largest absolute Gasteiger partial charge is 0.265 e. The summed E-state index contributed by atoms with van der Waals surface area (Å²) in [6.45, 7) is 0. The highest BCUT2D eigenvalue weighted by Gasteiger charge is 2.15. The molecule has 6 nitrogen and oxygen atoms in total. The summed E-state index contributed by atoms with van der Waals surface area (Å²) < 4.78 is 0. The Hall–Kier alpha value is -6.66. The van der Waals surface area contributed by atoms with E-state index in [1.54, 1.807) is 12.4 Å². The smallest absolute Gasteiger partial charge is 0.160 e. The average molecular weight is 617 g/mol. The predicted octanol–water partition coefficient (Wildman–Crippen LogP) is 9.73. The Morgan fingerprint density at radius 3 is 1.12 bits per heavy atom. The number of hydrogen-bond acceptors (Lipinski definition) is 6. The van der Waals surface area contributed by atoms with Gasteiger partial charge < -0.3 is 0 Å². The van der Waals surface area contributed by atoms with Crippen LogP contribution in [0, 0.1) is 0 Å². The molecule has 0 unspecified atom stereocenters. The van der Waals surface area contributed by atoms with Crippen LogP contribution in [0.2, 0.25) is 0 Å². The molecule has 226 valence electrons. The van der Waals surface area contributed by atoms with Gasteiger partial charge in [-0.2, -0.15) is 0 Å². The van der Waals surface area contributed by atoms with Crippen molar-refractivity contribution in [1.29, 1.82) is 0 Å².